The molecule has 28 heavy (non-hydrogen) atoms. The summed E-state index contributed by atoms with van der Waals surface area (Å²) in [7, 11) is 3.25. The lowest BCUT2D eigenvalue weighted by atomic mass is 9.89. The maximum atomic E-state index is 12.0. The fraction of sp³-hybridized carbons (Fsp3) is 0.435. The molecule has 2 atom stereocenters. The number of aliphatic carboxylic acids is 1. The molecule has 0 radical (unpaired) electrons. The van der Waals surface area contributed by atoms with Crippen LogP contribution in [0, 0.1) is 13.8 Å². The average Bonchev–Trinajstić information content (AvgIpc) is 2.67. The van der Waals surface area contributed by atoms with E-state index in [9.17, 15) is 9.90 Å². The van der Waals surface area contributed by atoms with Gasteiger partial charge in [0.1, 0.15) is 6.04 Å². The van der Waals surface area contributed by atoms with Gasteiger partial charge in [-0.3, -0.25) is 9.69 Å². The zero-order chi connectivity index (χ0) is 20.3. The van der Waals surface area contributed by atoms with E-state index in [1.807, 2.05) is 18.2 Å². The van der Waals surface area contributed by atoms with Crippen LogP contribution in [0.15, 0.2) is 36.4 Å². The zero-order valence-corrected chi connectivity index (χ0v) is 17.1. The summed E-state index contributed by atoms with van der Waals surface area (Å²) in [6.45, 7) is 4.87. The fourth-order valence-corrected chi connectivity index (χ4v) is 4.37. The van der Waals surface area contributed by atoms with E-state index in [4.69, 9.17) is 9.47 Å². The van der Waals surface area contributed by atoms with Crippen molar-refractivity contribution in [3.63, 3.8) is 0 Å². The summed E-state index contributed by atoms with van der Waals surface area (Å²) in [5.74, 6) is 0.540. The minimum atomic E-state index is -0.768. The van der Waals surface area contributed by atoms with E-state index in [-0.39, 0.29) is 6.04 Å². The van der Waals surface area contributed by atoms with Gasteiger partial charge >= 0.3 is 5.97 Å². The van der Waals surface area contributed by atoms with Crippen molar-refractivity contribution in [1.29, 1.82) is 0 Å². The van der Waals surface area contributed by atoms with Gasteiger partial charge in [-0.1, -0.05) is 47.9 Å². The molecule has 1 aliphatic heterocycles. The molecule has 1 aliphatic rings. The lowest BCUT2D eigenvalue weighted by Crippen LogP contribution is -2.47. The Morgan fingerprint density at radius 2 is 1.82 bits per heavy atom. The van der Waals surface area contributed by atoms with Crippen molar-refractivity contribution in [1.82, 2.24) is 4.90 Å². The Bertz CT molecular complexity index is 828. The molecule has 1 fully saturated rings. The first-order valence-corrected chi connectivity index (χ1v) is 9.74. The molecular weight excluding hydrogens is 354 g/mol. The van der Waals surface area contributed by atoms with E-state index in [2.05, 4.69) is 36.9 Å². The van der Waals surface area contributed by atoms with Gasteiger partial charge in [-0.05, 0) is 44.9 Å². The summed E-state index contributed by atoms with van der Waals surface area (Å²) >= 11 is 0. The van der Waals surface area contributed by atoms with Gasteiger partial charge in [0, 0.05) is 5.56 Å². The van der Waals surface area contributed by atoms with Crippen LogP contribution >= 0.6 is 0 Å². The van der Waals surface area contributed by atoms with Gasteiger partial charge in [-0.2, -0.15) is 0 Å². The number of para-hydroxylation sites is 1. The Balaban J connectivity index is 2.22. The molecule has 0 amide bonds. The second-order valence-corrected chi connectivity index (χ2v) is 7.49. The molecule has 1 N–H and O–H groups in total. The number of carbonyl (C=O) groups is 1. The van der Waals surface area contributed by atoms with E-state index < -0.39 is 12.0 Å². The molecule has 1 saturated heterocycles. The summed E-state index contributed by atoms with van der Waals surface area (Å²) in [4.78, 5) is 14.2. The molecule has 0 aliphatic carbocycles. The number of nitrogens with zero attached hydrogens (tertiary/aromatic N) is 1. The molecule has 0 saturated carbocycles. The van der Waals surface area contributed by atoms with Gasteiger partial charge < -0.3 is 14.6 Å². The Kier molecular flexibility index (Phi) is 6.25. The summed E-state index contributed by atoms with van der Waals surface area (Å²) in [6.07, 6.45) is 2.57. The maximum Gasteiger partial charge on any atom is 0.320 e. The standard InChI is InChI=1S/C23H29NO4/c1-15-12-16(2)14-17(13-15)21(24-11-6-5-9-19(24)23(25)26)18-8-7-10-20(27-3)22(18)28-4/h7-8,10,12-14,19,21H,5-6,9,11H2,1-4H3,(H,25,26). The smallest absolute Gasteiger partial charge is 0.320 e. The highest BCUT2D eigenvalue weighted by Crippen LogP contribution is 2.42. The molecule has 2 aromatic rings. The third kappa shape index (κ3) is 3.99. The Hall–Kier alpha value is -2.53. The van der Waals surface area contributed by atoms with E-state index in [1.165, 1.54) is 0 Å². The first-order chi connectivity index (χ1) is 13.5. The molecule has 5 heteroatoms. The first-order valence-electron chi connectivity index (χ1n) is 9.74. The number of benzene rings is 2. The van der Waals surface area contributed by atoms with Crippen LogP contribution in [0.2, 0.25) is 0 Å². The highest BCUT2D eigenvalue weighted by atomic mass is 16.5. The highest BCUT2D eigenvalue weighted by molar-refractivity contribution is 5.74. The molecular formula is C23H29NO4. The molecule has 150 valence electrons. The van der Waals surface area contributed by atoms with Crippen LogP contribution in [0.1, 0.15) is 47.6 Å². The zero-order valence-electron chi connectivity index (χ0n) is 17.1. The highest BCUT2D eigenvalue weighted by Gasteiger charge is 2.36. The Labute approximate surface area is 166 Å². The van der Waals surface area contributed by atoms with Crippen LogP contribution in [0.25, 0.3) is 0 Å². The topological polar surface area (TPSA) is 59.0 Å². The van der Waals surface area contributed by atoms with Crippen molar-refractivity contribution < 1.29 is 19.4 Å². The maximum absolute atomic E-state index is 12.0. The minimum Gasteiger partial charge on any atom is -0.493 e. The molecule has 5 nitrogen and oxygen atoms in total. The van der Waals surface area contributed by atoms with Crippen LogP contribution in [0.4, 0.5) is 0 Å². The summed E-state index contributed by atoms with van der Waals surface area (Å²) in [5.41, 5.74) is 4.33. The predicted octanol–water partition coefficient (Wildman–Crippen LogP) is 4.35. The molecule has 2 unspecified atom stereocenters. The number of hydrogen-bond acceptors (Lipinski definition) is 4. The number of ether oxygens (including phenoxy) is 2. The third-order valence-corrected chi connectivity index (χ3v) is 5.45. The van der Waals surface area contributed by atoms with Crippen molar-refractivity contribution >= 4 is 5.97 Å². The Morgan fingerprint density at radius 3 is 2.43 bits per heavy atom. The molecule has 0 aromatic heterocycles. The monoisotopic (exact) mass is 383 g/mol. The van der Waals surface area contributed by atoms with Gasteiger partial charge in [0.2, 0.25) is 0 Å². The summed E-state index contributed by atoms with van der Waals surface area (Å²) < 4.78 is 11.2. The number of carboxylic acid groups (broad SMARTS) is 1. The second-order valence-electron chi connectivity index (χ2n) is 7.49. The fourth-order valence-electron chi connectivity index (χ4n) is 4.37. The second kappa shape index (κ2) is 8.65. The molecule has 0 bridgehead atoms. The van der Waals surface area contributed by atoms with Crippen LogP contribution in [0.5, 0.6) is 11.5 Å². The van der Waals surface area contributed by atoms with Crippen LogP contribution in [-0.2, 0) is 4.79 Å². The average molecular weight is 383 g/mol. The van der Waals surface area contributed by atoms with Gasteiger partial charge in [0.05, 0.1) is 20.3 Å². The van der Waals surface area contributed by atoms with Crippen LogP contribution < -0.4 is 9.47 Å². The quantitative estimate of drug-likeness (QED) is 0.804. The van der Waals surface area contributed by atoms with E-state index >= 15 is 0 Å². The van der Waals surface area contributed by atoms with Gasteiger partial charge in [0.15, 0.2) is 11.5 Å². The number of rotatable bonds is 6. The number of aryl methyl sites for hydroxylation is 2. The van der Waals surface area contributed by atoms with E-state index in [1.54, 1.807) is 14.2 Å². The van der Waals surface area contributed by atoms with E-state index in [0.717, 1.165) is 41.6 Å². The number of methoxy groups -OCH3 is 2. The van der Waals surface area contributed by atoms with Crippen molar-refractivity contribution in [2.24, 2.45) is 0 Å². The lowest BCUT2D eigenvalue weighted by Gasteiger charge is -2.40. The number of piperidine rings is 1. The number of carboxylic acids is 1. The van der Waals surface area contributed by atoms with Gasteiger partial charge in [0.25, 0.3) is 0 Å². The normalized spacial score (nSPS) is 18.5. The van der Waals surface area contributed by atoms with Crippen molar-refractivity contribution in [2.75, 3.05) is 20.8 Å². The molecule has 3 rings (SSSR count). The van der Waals surface area contributed by atoms with Gasteiger partial charge in [-0.25, -0.2) is 0 Å². The molecule has 1 heterocycles. The molecule has 0 spiro atoms. The Morgan fingerprint density at radius 1 is 1.11 bits per heavy atom. The lowest BCUT2D eigenvalue weighted by molar-refractivity contribution is -0.145. The largest absolute Gasteiger partial charge is 0.493 e. The summed E-state index contributed by atoms with van der Waals surface area (Å²) in [6, 6.07) is 11.5. The van der Waals surface area contributed by atoms with Crippen LogP contribution in [0.3, 0.4) is 0 Å². The van der Waals surface area contributed by atoms with Gasteiger partial charge in [-0.15, -0.1) is 0 Å². The van der Waals surface area contributed by atoms with Crippen LogP contribution in [-0.4, -0.2) is 42.8 Å². The third-order valence-electron chi connectivity index (χ3n) is 5.45. The summed E-state index contributed by atoms with van der Waals surface area (Å²) in [5, 5.41) is 9.89. The minimum absolute atomic E-state index is 0.218. The predicted molar refractivity (Wildman–Crippen MR) is 109 cm³/mol. The van der Waals surface area contributed by atoms with E-state index in [0.29, 0.717) is 17.9 Å². The number of likely N-dealkylation sites (tertiary alicyclic amines) is 1. The molecule has 2 aromatic carbocycles. The van der Waals surface area contributed by atoms with Crippen molar-refractivity contribution in [3.05, 3.63) is 58.7 Å². The number of hydrogen-bond donors (Lipinski definition) is 1. The SMILES string of the molecule is COc1cccc(C(c2cc(C)cc(C)c2)N2CCCCC2C(=O)O)c1OC. The van der Waals surface area contributed by atoms with Crippen molar-refractivity contribution in [2.45, 2.75) is 45.2 Å². The van der Waals surface area contributed by atoms with Crippen molar-refractivity contribution in [3.8, 4) is 11.5 Å². The first kappa shape index (κ1) is 20.2.